The van der Waals surface area contributed by atoms with E-state index in [4.69, 9.17) is 0 Å². The summed E-state index contributed by atoms with van der Waals surface area (Å²) >= 11 is 0. The van der Waals surface area contributed by atoms with Crippen LogP contribution in [0.5, 0.6) is 0 Å². The van der Waals surface area contributed by atoms with Gasteiger partial charge < -0.3 is 0 Å². The van der Waals surface area contributed by atoms with Crippen LogP contribution in [0.1, 0.15) is 31.9 Å². The predicted molar refractivity (Wildman–Crippen MR) is 78.0 cm³/mol. The summed E-state index contributed by atoms with van der Waals surface area (Å²) in [5, 5.41) is 0. The van der Waals surface area contributed by atoms with Crippen LogP contribution >= 0.6 is 0 Å². The molecule has 0 radical (unpaired) electrons. The van der Waals surface area contributed by atoms with Gasteiger partial charge in [0, 0.05) is 0 Å². The molecule has 0 amide bonds. The standard InChI is InChI=1S/C17H20F2/c1-6-15(11(2)3)17(19)9-13(5)14-8-7-12(4)16(18)10-14/h6-11H,5H2,1-4H3/b15-6-,17-9+. The Morgan fingerprint density at radius 2 is 1.95 bits per heavy atom. The predicted octanol–water partition coefficient (Wildman–Crippen LogP) is 5.60. The van der Waals surface area contributed by atoms with Gasteiger partial charge in [-0.05, 0) is 54.2 Å². The summed E-state index contributed by atoms with van der Waals surface area (Å²) in [4.78, 5) is 0. The van der Waals surface area contributed by atoms with Crippen LogP contribution < -0.4 is 0 Å². The molecule has 0 spiro atoms. The molecular formula is C17H20F2. The first-order valence-electron chi connectivity index (χ1n) is 6.36. The van der Waals surface area contributed by atoms with Gasteiger partial charge in [-0.1, -0.05) is 38.6 Å². The zero-order valence-electron chi connectivity index (χ0n) is 11.9. The molecule has 0 aliphatic carbocycles. The van der Waals surface area contributed by atoms with Crippen molar-refractivity contribution in [3.05, 3.63) is 65.3 Å². The molecule has 0 fully saturated rings. The average molecular weight is 262 g/mol. The van der Waals surface area contributed by atoms with Crippen molar-refractivity contribution in [2.45, 2.75) is 27.7 Å². The van der Waals surface area contributed by atoms with Crippen molar-refractivity contribution in [3.63, 3.8) is 0 Å². The van der Waals surface area contributed by atoms with Crippen molar-refractivity contribution in [1.29, 1.82) is 0 Å². The minimum Gasteiger partial charge on any atom is -0.207 e. The lowest BCUT2D eigenvalue weighted by molar-refractivity contribution is 0.608. The Morgan fingerprint density at radius 1 is 1.32 bits per heavy atom. The maximum Gasteiger partial charge on any atom is 0.126 e. The maximum atomic E-state index is 14.1. The third kappa shape index (κ3) is 3.88. The zero-order chi connectivity index (χ0) is 14.6. The second-order valence-corrected chi connectivity index (χ2v) is 4.88. The highest BCUT2D eigenvalue weighted by atomic mass is 19.1. The zero-order valence-corrected chi connectivity index (χ0v) is 11.9. The molecule has 0 nitrogen and oxygen atoms in total. The van der Waals surface area contributed by atoms with Crippen LogP contribution in [0.25, 0.3) is 5.57 Å². The van der Waals surface area contributed by atoms with E-state index in [1.165, 1.54) is 12.1 Å². The fourth-order valence-corrected chi connectivity index (χ4v) is 1.86. The third-order valence-electron chi connectivity index (χ3n) is 3.05. The van der Waals surface area contributed by atoms with E-state index < -0.39 is 0 Å². The molecule has 1 aromatic rings. The number of aryl methyl sites for hydroxylation is 1. The van der Waals surface area contributed by atoms with Crippen LogP contribution in [0.2, 0.25) is 0 Å². The van der Waals surface area contributed by atoms with Gasteiger partial charge in [-0.25, -0.2) is 8.78 Å². The van der Waals surface area contributed by atoms with Crippen molar-refractivity contribution in [2.75, 3.05) is 0 Å². The fraction of sp³-hybridized carbons (Fsp3) is 0.294. The van der Waals surface area contributed by atoms with E-state index in [0.29, 0.717) is 22.3 Å². The summed E-state index contributed by atoms with van der Waals surface area (Å²) in [6.07, 6.45) is 3.11. The lowest BCUT2D eigenvalue weighted by Gasteiger charge is -2.09. The molecule has 1 rings (SSSR count). The second kappa shape index (κ2) is 6.46. The van der Waals surface area contributed by atoms with Crippen LogP contribution in [0.3, 0.4) is 0 Å². The third-order valence-corrected chi connectivity index (χ3v) is 3.05. The summed E-state index contributed by atoms with van der Waals surface area (Å²) in [6, 6.07) is 4.79. The van der Waals surface area contributed by atoms with Gasteiger partial charge in [-0.15, -0.1) is 0 Å². The summed E-state index contributed by atoms with van der Waals surface area (Å²) < 4.78 is 27.5. The van der Waals surface area contributed by atoms with Crippen molar-refractivity contribution >= 4 is 5.57 Å². The highest BCUT2D eigenvalue weighted by molar-refractivity contribution is 5.73. The summed E-state index contributed by atoms with van der Waals surface area (Å²) in [6.45, 7) is 11.1. The smallest absolute Gasteiger partial charge is 0.126 e. The molecule has 19 heavy (non-hydrogen) atoms. The van der Waals surface area contributed by atoms with Crippen molar-refractivity contribution in [1.82, 2.24) is 0 Å². The molecule has 2 heteroatoms. The summed E-state index contributed by atoms with van der Waals surface area (Å²) in [5.41, 5.74) is 2.26. The molecule has 0 saturated heterocycles. The van der Waals surface area contributed by atoms with Gasteiger partial charge in [-0.2, -0.15) is 0 Å². The molecule has 0 aliphatic heterocycles. The van der Waals surface area contributed by atoms with Crippen molar-refractivity contribution in [3.8, 4) is 0 Å². The van der Waals surface area contributed by atoms with Gasteiger partial charge >= 0.3 is 0 Å². The number of rotatable bonds is 4. The van der Waals surface area contributed by atoms with Gasteiger partial charge in [0.2, 0.25) is 0 Å². The van der Waals surface area contributed by atoms with E-state index in [2.05, 4.69) is 6.58 Å². The molecule has 0 N–H and O–H groups in total. The van der Waals surface area contributed by atoms with Crippen LogP contribution in [-0.4, -0.2) is 0 Å². The minimum atomic E-state index is -0.316. The van der Waals surface area contributed by atoms with Gasteiger partial charge in [0.15, 0.2) is 0 Å². The normalized spacial score (nSPS) is 13.0. The van der Waals surface area contributed by atoms with Crippen molar-refractivity contribution < 1.29 is 8.78 Å². The number of benzene rings is 1. The quantitative estimate of drug-likeness (QED) is 0.619. The summed E-state index contributed by atoms with van der Waals surface area (Å²) in [5.74, 6) is -0.519. The fourth-order valence-electron chi connectivity index (χ4n) is 1.86. The van der Waals surface area contributed by atoms with Gasteiger partial charge in [0.1, 0.15) is 11.6 Å². The monoisotopic (exact) mass is 262 g/mol. The number of halogens is 2. The largest absolute Gasteiger partial charge is 0.207 e. The molecule has 0 atom stereocenters. The molecule has 0 saturated carbocycles. The Morgan fingerprint density at radius 3 is 2.42 bits per heavy atom. The number of hydrogen-bond acceptors (Lipinski definition) is 0. The highest BCUT2D eigenvalue weighted by Crippen LogP contribution is 2.25. The SMILES string of the molecule is C=C(/C=C(F)\C(=C/C)C(C)C)c1ccc(C)c(F)c1. The average Bonchev–Trinajstić information content (AvgIpc) is 2.32. The van der Waals surface area contributed by atoms with Crippen LogP contribution in [0.4, 0.5) is 8.78 Å². The molecule has 1 aromatic carbocycles. The van der Waals surface area contributed by atoms with E-state index in [0.717, 1.165) is 0 Å². The molecule has 0 aromatic heterocycles. The van der Waals surface area contributed by atoms with Crippen LogP contribution in [0.15, 0.2) is 48.3 Å². The molecule has 0 unspecified atom stereocenters. The van der Waals surface area contributed by atoms with Gasteiger partial charge in [-0.3, -0.25) is 0 Å². The highest BCUT2D eigenvalue weighted by Gasteiger charge is 2.09. The van der Waals surface area contributed by atoms with Crippen LogP contribution in [-0.2, 0) is 0 Å². The van der Waals surface area contributed by atoms with E-state index in [1.807, 2.05) is 13.8 Å². The Kier molecular flexibility index (Phi) is 5.22. The van der Waals surface area contributed by atoms with Crippen LogP contribution in [0, 0.1) is 18.7 Å². The lowest BCUT2D eigenvalue weighted by atomic mass is 9.98. The Hall–Kier alpha value is -1.70. The first-order chi connectivity index (χ1) is 8.86. The van der Waals surface area contributed by atoms with Gasteiger partial charge in [0.25, 0.3) is 0 Å². The molecule has 0 aliphatic rings. The van der Waals surface area contributed by atoms with E-state index in [9.17, 15) is 8.78 Å². The molecule has 0 bridgehead atoms. The molecular weight excluding hydrogens is 242 g/mol. The van der Waals surface area contributed by atoms with Crippen molar-refractivity contribution in [2.24, 2.45) is 5.92 Å². The number of hydrogen-bond donors (Lipinski definition) is 0. The second-order valence-electron chi connectivity index (χ2n) is 4.88. The maximum absolute atomic E-state index is 14.1. The number of allylic oxidation sites excluding steroid dienone is 5. The molecule has 102 valence electrons. The van der Waals surface area contributed by atoms with E-state index in [1.54, 1.807) is 32.1 Å². The van der Waals surface area contributed by atoms with E-state index in [-0.39, 0.29) is 17.6 Å². The summed E-state index contributed by atoms with van der Waals surface area (Å²) in [7, 11) is 0. The van der Waals surface area contributed by atoms with E-state index >= 15 is 0 Å². The topological polar surface area (TPSA) is 0 Å². The first-order valence-corrected chi connectivity index (χ1v) is 6.36. The molecule has 0 heterocycles. The Labute approximate surface area is 114 Å². The lowest BCUT2D eigenvalue weighted by Crippen LogP contribution is -1.95. The minimum absolute atomic E-state index is 0.101. The van der Waals surface area contributed by atoms with Gasteiger partial charge in [0.05, 0.1) is 0 Å². The first kappa shape index (κ1) is 15.4. The Balaban J connectivity index is 3.04. The Bertz CT molecular complexity index is 534.